The number of anilines is 1. The van der Waals surface area contributed by atoms with E-state index < -0.39 is 0 Å². The summed E-state index contributed by atoms with van der Waals surface area (Å²) in [6.07, 6.45) is 3.43. The van der Waals surface area contributed by atoms with E-state index in [-0.39, 0.29) is 5.91 Å². The van der Waals surface area contributed by atoms with E-state index in [1.807, 2.05) is 30.3 Å². The molecule has 0 unspecified atom stereocenters. The zero-order valence-electron chi connectivity index (χ0n) is 11.0. The Balaban J connectivity index is 1.85. The van der Waals surface area contributed by atoms with Gasteiger partial charge in [0.25, 0.3) is 5.91 Å². The monoisotopic (exact) mass is 361 g/mol. The molecule has 0 fully saturated rings. The second kappa shape index (κ2) is 5.83. The van der Waals surface area contributed by atoms with Gasteiger partial charge in [-0.2, -0.15) is 0 Å². The lowest BCUT2D eigenvalue weighted by Gasteiger charge is -2.04. The minimum atomic E-state index is -0.163. The van der Waals surface area contributed by atoms with Crippen LogP contribution in [-0.4, -0.2) is 10.9 Å². The van der Waals surface area contributed by atoms with Gasteiger partial charge >= 0.3 is 0 Å². The van der Waals surface area contributed by atoms with Crippen molar-refractivity contribution in [1.82, 2.24) is 10.3 Å². The number of aromatic nitrogens is 1. The molecule has 2 aromatic heterocycles. The minimum absolute atomic E-state index is 0.163. The smallest absolute Gasteiger partial charge is 0.263 e. The van der Waals surface area contributed by atoms with Crippen LogP contribution in [0.1, 0.15) is 15.2 Å². The third kappa shape index (κ3) is 2.77. The molecular formula is C15H12BrN3OS. The number of halogens is 1. The Morgan fingerprint density at radius 3 is 2.90 bits per heavy atom. The molecule has 0 spiro atoms. The molecule has 21 heavy (non-hydrogen) atoms. The van der Waals surface area contributed by atoms with Crippen molar-refractivity contribution in [3.8, 4) is 0 Å². The molecule has 0 saturated carbocycles. The maximum atomic E-state index is 12.3. The third-order valence-corrected chi connectivity index (χ3v) is 4.91. The van der Waals surface area contributed by atoms with E-state index in [1.165, 1.54) is 11.3 Å². The van der Waals surface area contributed by atoms with Crippen LogP contribution in [0, 0.1) is 0 Å². The van der Waals surface area contributed by atoms with Crippen LogP contribution in [0.15, 0.2) is 47.2 Å². The van der Waals surface area contributed by atoms with Gasteiger partial charge in [0.2, 0.25) is 0 Å². The highest BCUT2D eigenvalue weighted by atomic mass is 79.9. The van der Waals surface area contributed by atoms with Gasteiger partial charge in [-0.1, -0.05) is 28.1 Å². The summed E-state index contributed by atoms with van der Waals surface area (Å²) in [7, 11) is 0. The fourth-order valence-electron chi connectivity index (χ4n) is 2.06. The van der Waals surface area contributed by atoms with Crippen molar-refractivity contribution in [2.24, 2.45) is 0 Å². The molecule has 0 saturated heterocycles. The van der Waals surface area contributed by atoms with Crippen molar-refractivity contribution >= 4 is 48.9 Å². The highest BCUT2D eigenvalue weighted by Gasteiger charge is 2.17. The molecule has 1 aromatic carbocycles. The molecule has 3 N–H and O–H groups in total. The van der Waals surface area contributed by atoms with Gasteiger partial charge in [-0.3, -0.25) is 9.78 Å². The number of carbonyl (C=O) groups excluding carboxylic acids is 1. The summed E-state index contributed by atoms with van der Waals surface area (Å²) >= 11 is 4.87. The number of nitrogens with zero attached hydrogens (tertiary/aromatic N) is 1. The van der Waals surface area contributed by atoms with Crippen LogP contribution in [0.5, 0.6) is 0 Å². The van der Waals surface area contributed by atoms with Crippen molar-refractivity contribution in [2.75, 3.05) is 5.73 Å². The van der Waals surface area contributed by atoms with Gasteiger partial charge < -0.3 is 11.1 Å². The van der Waals surface area contributed by atoms with Crippen LogP contribution in [-0.2, 0) is 6.54 Å². The second-order valence-corrected chi connectivity index (χ2v) is 6.41. The number of hydrogen-bond acceptors (Lipinski definition) is 4. The first-order valence-electron chi connectivity index (χ1n) is 6.30. The Bertz CT molecular complexity index is 801. The molecule has 0 radical (unpaired) electrons. The molecule has 0 aliphatic heterocycles. The van der Waals surface area contributed by atoms with Gasteiger partial charge in [0.15, 0.2) is 0 Å². The average Bonchev–Trinajstić information content (AvgIpc) is 2.84. The molecular weight excluding hydrogens is 350 g/mol. The second-order valence-electron chi connectivity index (χ2n) is 4.50. The lowest BCUT2D eigenvalue weighted by atomic mass is 10.2. The third-order valence-electron chi connectivity index (χ3n) is 3.08. The molecule has 0 aliphatic rings. The zero-order valence-corrected chi connectivity index (χ0v) is 13.4. The van der Waals surface area contributed by atoms with Crippen molar-refractivity contribution in [3.63, 3.8) is 0 Å². The van der Waals surface area contributed by atoms with Crippen LogP contribution in [0.2, 0.25) is 0 Å². The molecule has 3 aromatic rings. The van der Waals surface area contributed by atoms with Gasteiger partial charge in [-0.15, -0.1) is 11.3 Å². The van der Waals surface area contributed by atoms with Gasteiger partial charge in [0.05, 0.1) is 5.69 Å². The fourth-order valence-corrected chi connectivity index (χ4v) is 3.84. The molecule has 2 heterocycles. The average molecular weight is 362 g/mol. The molecule has 1 amide bonds. The zero-order chi connectivity index (χ0) is 14.8. The number of nitrogen functional groups attached to an aromatic ring is 1. The van der Waals surface area contributed by atoms with E-state index >= 15 is 0 Å². The Hall–Kier alpha value is -1.92. The SMILES string of the molecule is Nc1c(C(=O)NCc2cccnc2)sc2cccc(Br)c12. The van der Waals surface area contributed by atoms with Crippen LogP contribution in [0.3, 0.4) is 0 Å². The summed E-state index contributed by atoms with van der Waals surface area (Å²) in [6.45, 7) is 0.432. The summed E-state index contributed by atoms with van der Waals surface area (Å²) in [4.78, 5) is 16.9. The highest BCUT2D eigenvalue weighted by Crippen LogP contribution is 2.38. The van der Waals surface area contributed by atoms with E-state index in [0.717, 1.165) is 20.1 Å². The number of nitrogens with one attached hydrogen (secondary N) is 1. The lowest BCUT2D eigenvalue weighted by molar-refractivity contribution is 0.0956. The molecule has 4 nitrogen and oxygen atoms in total. The maximum Gasteiger partial charge on any atom is 0.263 e. The summed E-state index contributed by atoms with van der Waals surface area (Å²) in [5.41, 5.74) is 7.59. The van der Waals surface area contributed by atoms with E-state index in [4.69, 9.17) is 5.73 Å². The molecule has 106 valence electrons. The minimum Gasteiger partial charge on any atom is -0.397 e. The lowest BCUT2D eigenvalue weighted by Crippen LogP contribution is -2.22. The van der Waals surface area contributed by atoms with Gasteiger partial charge in [-0.05, 0) is 23.8 Å². The molecule has 0 atom stereocenters. The van der Waals surface area contributed by atoms with Crippen molar-refractivity contribution in [3.05, 3.63) is 57.6 Å². The number of hydrogen-bond donors (Lipinski definition) is 2. The van der Waals surface area contributed by atoms with Gasteiger partial charge in [-0.25, -0.2) is 0 Å². The first-order valence-corrected chi connectivity index (χ1v) is 7.91. The predicted octanol–water partition coefficient (Wildman–Crippen LogP) is 3.57. The number of thiophene rings is 1. The van der Waals surface area contributed by atoms with Crippen LogP contribution in [0.4, 0.5) is 5.69 Å². The summed E-state index contributed by atoms with van der Waals surface area (Å²) in [5, 5.41) is 3.77. The van der Waals surface area contributed by atoms with Gasteiger partial charge in [0, 0.05) is 33.5 Å². The van der Waals surface area contributed by atoms with E-state index in [1.54, 1.807) is 12.4 Å². The van der Waals surface area contributed by atoms with Crippen LogP contribution >= 0.6 is 27.3 Å². The molecule has 6 heteroatoms. The largest absolute Gasteiger partial charge is 0.397 e. The predicted molar refractivity (Wildman–Crippen MR) is 89.3 cm³/mol. The van der Waals surface area contributed by atoms with E-state index in [0.29, 0.717) is 17.1 Å². The fraction of sp³-hybridized carbons (Fsp3) is 0.0667. The first kappa shape index (κ1) is 14.0. The Morgan fingerprint density at radius 1 is 1.33 bits per heavy atom. The van der Waals surface area contributed by atoms with Crippen molar-refractivity contribution in [1.29, 1.82) is 0 Å². The number of carbonyl (C=O) groups is 1. The number of amides is 1. The number of benzene rings is 1. The summed E-state index contributed by atoms with van der Waals surface area (Å²) < 4.78 is 1.90. The maximum absolute atomic E-state index is 12.3. The topological polar surface area (TPSA) is 68.0 Å². The van der Waals surface area contributed by atoms with E-state index in [9.17, 15) is 4.79 Å². The number of nitrogens with two attached hydrogens (primary N) is 1. The van der Waals surface area contributed by atoms with Gasteiger partial charge in [0.1, 0.15) is 4.88 Å². The number of pyridine rings is 1. The Morgan fingerprint density at radius 2 is 2.19 bits per heavy atom. The summed E-state index contributed by atoms with van der Waals surface area (Å²) in [5.74, 6) is -0.163. The summed E-state index contributed by atoms with van der Waals surface area (Å²) in [6, 6.07) is 9.56. The molecule has 0 bridgehead atoms. The quantitative estimate of drug-likeness (QED) is 0.749. The van der Waals surface area contributed by atoms with Crippen LogP contribution in [0.25, 0.3) is 10.1 Å². The van der Waals surface area contributed by atoms with E-state index in [2.05, 4.69) is 26.2 Å². The highest BCUT2D eigenvalue weighted by molar-refractivity contribution is 9.10. The van der Waals surface area contributed by atoms with Crippen molar-refractivity contribution < 1.29 is 4.79 Å². The standard InChI is InChI=1S/C15H12BrN3OS/c16-10-4-1-5-11-12(10)13(17)14(21-11)15(20)19-8-9-3-2-6-18-7-9/h1-7H,8,17H2,(H,19,20). The Labute approximate surface area is 134 Å². The first-order chi connectivity index (χ1) is 10.2. The molecule has 3 rings (SSSR count). The van der Waals surface area contributed by atoms with Crippen LogP contribution < -0.4 is 11.1 Å². The molecule has 0 aliphatic carbocycles. The Kier molecular flexibility index (Phi) is 3.90. The number of rotatable bonds is 3. The normalized spacial score (nSPS) is 10.7. The van der Waals surface area contributed by atoms with Crippen molar-refractivity contribution in [2.45, 2.75) is 6.54 Å². The number of fused-ring (bicyclic) bond motifs is 1.